The maximum absolute atomic E-state index is 12.8. The van der Waals surface area contributed by atoms with Crippen LogP contribution in [0.3, 0.4) is 0 Å². The zero-order valence-electron chi connectivity index (χ0n) is 15.4. The predicted octanol–water partition coefficient (Wildman–Crippen LogP) is 3.05. The van der Waals surface area contributed by atoms with E-state index in [0.29, 0.717) is 19.4 Å². The van der Waals surface area contributed by atoms with Crippen molar-refractivity contribution in [1.82, 2.24) is 14.3 Å². The van der Waals surface area contributed by atoms with E-state index in [0.717, 1.165) is 27.6 Å². The first kappa shape index (κ1) is 19.3. The zero-order chi connectivity index (χ0) is 19.4. The van der Waals surface area contributed by atoms with Gasteiger partial charge < -0.3 is 0 Å². The fraction of sp³-hybridized carbons (Fsp3) is 0.300. The molecule has 0 amide bonds. The lowest BCUT2D eigenvalue weighted by molar-refractivity contribution is 0.0892. The Balaban J connectivity index is 2.05. The van der Waals surface area contributed by atoms with Gasteiger partial charge in [0, 0.05) is 36.9 Å². The molecular weight excluding hydrogens is 362 g/mol. The lowest BCUT2D eigenvalue weighted by atomic mass is 10.0. The largest absolute Gasteiger partial charge is 0.287 e. The number of carbonyl (C=O) groups excluding carboxylic acids is 1. The first-order valence-electron chi connectivity index (χ1n) is 8.91. The van der Waals surface area contributed by atoms with Gasteiger partial charge in [-0.15, -0.1) is 0 Å². The van der Waals surface area contributed by atoms with Crippen molar-refractivity contribution < 1.29 is 13.2 Å². The van der Waals surface area contributed by atoms with E-state index in [9.17, 15) is 13.2 Å². The summed E-state index contributed by atoms with van der Waals surface area (Å²) in [7, 11) is -2.62. The topological polar surface area (TPSA) is 81.1 Å². The Hall–Kier alpha value is -2.51. The standard InChI is InChI=1S/C20H23N3O3S/c1-14(2)11-20(24)23-13-17(7-10-22-27(25)26)18-4-3-16(12-19(18)23)15-5-8-21-9-6-15/h3-6,8-9,12-14,27H,7,10-11H2,1-2H3,(H,22,25,26). The van der Waals surface area contributed by atoms with Gasteiger partial charge >= 0.3 is 0 Å². The fourth-order valence-corrected chi connectivity index (χ4v) is 3.45. The molecular formula is C20H23N3O3S. The highest BCUT2D eigenvalue weighted by molar-refractivity contribution is 7.70. The van der Waals surface area contributed by atoms with Crippen LogP contribution >= 0.6 is 0 Å². The second-order valence-electron chi connectivity index (χ2n) is 6.90. The van der Waals surface area contributed by atoms with Crippen LogP contribution in [0.25, 0.3) is 22.0 Å². The third kappa shape index (κ3) is 4.61. The van der Waals surface area contributed by atoms with E-state index in [1.165, 1.54) is 0 Å². The quantitative estimate of drug-likeness (QED) is 0.613. The second-order valence-corrected chi connectivity index (χ2v) is 7.73. The van der Waals surface area contributed by atoms with Crippen molar-refractivity contribution in [1.29, 1.82) is 0 Å². The normalized spacial score (nSPS) is 11.6. The summed E-state index contributed by atoms with van der Waals surface area (Å²) >= 11 is 0. The van der Waals surface area contributed by atoms with Gasteiger partial charge in [0.25, 0.3) is 0 Å². The number of nitrogens with one attached hydrogen (secondary N) is 1. The molecule has 0 saturated carbocycles. The van der Waals surface area contributed by atoms with Crippen molar-refractivity contribution in [3.63, 3.8) is 0 Å². The molecule has 0 saturated heterocycles. The van der Waals surface area contributed by atoms with E-state index in [-0.39, 0.29) is 11.8 Å². The van der Waals surface area contributed by atoms with Crippen LogP contribution in [0.5, 0.6) is 0 Å². The molecule has 1 aromatic carbocycles. The highest BCUT2D eigenvalue weighted by Crippen LogP contribution is 2.28. The van der Waals surface area contributed by atoms with Crippen LogP contribution in [-0.4, -0.2) is 30.4 Å². The Labute approximate surface area is 160 Å². The Kier molecular flexibility index (Phi) is 6.03. The third-order valence-electron chi connectivity index (χ3n) is 4.39. The minimum atomic E-state index is -2.62. The summed E-state index contributed by atoms with van der Waals surface area (Å²) in [4.78, 5) is 16.8. The zero-order valence-corrected chi connectivity index (χ0v) is 16.3. The number of aromatic nitrogens is 2. The average molecular weight is 385 g/mol. The van der Waals surface area contributed by atoms with E-state index in [2.05, 4.69) is 9.71 Å². The first-order chi connectivity index (χ1) is 13.0. The van der Waals surface area contributed by atoms with Crippen LogP contribution in [0.4, 0.5) is 0 Å². The summed E-state index contributed by atoms with van der Waals surface area (Å²) in [6, 6.07) is 9.88. The van der Waals surface area contributed by atoms with E-state index in [1.54, 1.807) is 17.0 Å². The molecule has 0 radical (unpaired) electrons. The number of pyridine rings is 1. The molecule has 27 heavy (non-hydrogen) atoms. The SMILES string of the molecule is CC(C)CC(=O)n1cc(CCN[SH](=O)=O)c2ccc(-c3ccncc3)cc21. The van der Waals surface area contributed by atoms with Crippen LogP contribution in [0.2, 0.25) is 0 Å². The lowest BCUT2D eigenvalue weighted by Crippen LogP contribution is -2.15. The fourth-order valence-electron chi connectivity index (χ4n) is 3.16. The molecule has 7 heteroatoms. The molecule has 3 rings (SSSR count). The number of rotatable bonds is 7. The predicted molar refractivity (Wildman–Crippen MR) is 107 cm³/mol. The molecule has 0 bridgehead atoms. The van der Waals surface area contributed by atoms with Crippen LogP contribution in [0.15, 0.2) is 48.9 Å². The Bertz CT molecular complexity index is 1020. The Morgan fingerprint density at radius 2 is 1.89 bits per heavy atom. The van der Waals surface area contributed by atoms with Gasteiger partial charge in [-0.25, -0.2) is 13.1 Å². The van der Waals surface area contributed by atoms with Crippen molar-refractivity contribution in [2.24, 2.45) is 5.92 Å². The van der Waals surface area contributed by atoms with Crippen LogP contribution in [-0.2, 0) is 17.3 Å². The van der Waals surface area contributed by atoms with Gasteiger partial charge in [0.2, 0.25) is 16.8 Å². The van der Waals surface area contributed by atoms with E-state index < -0.39 is 10.9 Å². The maximum atomic E-state index is 12.8. The van der Waals surface area contributed by atoms with Gasteiger partial charge in [0.1, 0.15) is 0 Å². The maximum Gasteiger partial charge on any atom is 0.231 e. The molecule has 1 N–H and O–H groups in total. The van der Waals surface area contributed by atoms with Crippen molar-refractivity contribution in [3.05, 3.63) is 54.5 Å². The highest BCUT2D eigenvalue weighted by atomic mass is 32.2. The molecule has 0 aliphatic heterocycles. The highest BCUT2D eigenvalue weighted by Gasteiger charge is 2.15. The molecule has 0 aliphatic carbocycles. The average Bonchev–Trinajstić information content (AvgIpc) is 3.00. The number of hydrogen-bond acceptors (Lipinski definition) is 4. The van der Waals surface area contributed by atoms with E-state index >= 15 is 0 Å². The van der Waals surface area contributed by atoms with Gasteiger partial charge in [0.05, 0.1) is 5.52 Å². The molecule has 3 aromatic rings. The van der Waals surface area contributed by atoms with Crippen LogP contribution in [0.1, 0.15) is 30.6 Å². The molecule has 2 aromatic heterocycles. The summed E-state index contributed by atoms with van der Waals surface area (Å²) in [6.07, 6.45) is 6.29. The third-order valence-corrected chi connectivity index (χ3v) is 4.87. The number of carbonyl (C=O) groups is 1. The summed E-state index contributed by atoms with van der Waals surface area (Å²) in [5.74, 6) is 0.295. The van der Waals surface area contributed by atoms with Crippen molar-refractivity contribution >= 4 is 27.7 Å². The molecule has 0 unspecified atom stereocenters. The molecule has 2 heterocycles. The van der Waals surface area contributed by atoms with Crippen LogP contribution in [0, 0.1) is 5.92 Å². The lowest BCUT2D eigenvalue weighted by Gasteiger charge is -2.08. The van der Waals surface area contributed by atoms with Crippen molar-refractivity contribution in [2.75, 3.05) is 6.54 Å². The van der Waals surface area contributed by atoms with E-state index in [1.807, 2.05) is 50.4 Å². The molecule has 0 aliphatic rings. The smallest absolute Gasteiger partial charge is 0.231 e. The van der Waals surface area contributed by atoms with Gasteiger partial charge in [-0.1, -0.05) is 26.0 Å². The van der Waals surface area contributed by atoms with Crippen molar-refractivity contribution in [3.8, 4) is 11.1 Å². The molecule has 142 valence electrons. The minimum Gasteiger partial charge on any atom is -0.287 e. The summed E-state index contributed by atoms with van der Waals surface area (Å²) in [6.45, 7) is 4.34. The first-order valence-corrected chi connectivity index (χ1v) is 10.1. The van der Waals surface area contributed by atoms with Crippen molar-refractivity contribution in [2.45, 2.75) is 26.7 Å². The van der Waals surface area contributed by atoms with Gasteiger partial charge in [-0.05, 0) is 47.2 Å². The summed E-state index contributed by atoms with van der Waals surface area (Å²) in [5.41, 5.74) is 3.83. The van der Waals surface area contributed by atoms with Gasteiger partial charge in [0.15, 0.2) is 0 Å². The number of thiol groups is 1. The molecule has 0 spiro atoms. The minimum absolute atomic E-state index is 0.0380. The molecule has 6 nitrogen and oxygen atoms in total. The summed E-state index contributed by atoms with van der Waals surface area (Å²) < 4.78 is 25.6. The Morgan fingerprint density at radius 3 is 2.56 bits per heavy atom. The number of nitrogens with zero attached hydrogens (tertiary/aromatic N) is 2. The summed E-state index contributed by atoms with van der Waals surface area (Å²) in [5, 5.41) is 0.966. The monoisotopic (exact) mass is 385 g/mol. The second kappa shape index (κ2) is 8.45. The number of benzene rings is 1. The molecule has 0 fully saturated rings. The van der Waals surface area contributed by atoms with E-state index in [4.69, 9.17) is 0 Å². The Morgan fingerprint density at radius 1 is 1.15 bits per heavy atom. The number of hydrogen-bond donors (Lipinski definition) is 2. The number of fused-ring (bicyclic) bond motifs is 1. The van der Waals surface area contributed by atoms with Gasteiger partial charge in [-0.3, -0.25) is 14.3 Å². The van der Waals surface area contributed by atoms with Gasteiger partial charge in [-0.2, -0.15) is 0 Å². The van der Waals surface area contributed by atoms with Crippen LogP contribution < -0.4 is 4.72 Å². The molecule has 0 atom stereocenters.